The second-order valence-electron chi connectivity index (χ2n) is 6.60. The van der Waals surface area contributed by atoms with Crippen LogP contribution in [0.4, 0.5) is 5.69 Å². The lowest BCUT2D eigenvalue weighted by Crippen LogP contribution is -2.17. The van der Waals surface area contributed by atoms with Crippen molar-refractivity contribution in [3.05, 3.63) is 71.5 Å². The highest BCUT2D eigenvalue weighted by molar-refractivity contribution is 7.99. The van der Waals surface area contributed by atoms with Crippen LogP contribution in [0.25, 0.3) is 11.0 Å². The van der Waals surface area contributed by atoms with Gasteiger partial charge >= 0.3 is 0 Å². The maximum absolute atomic E-state index is 13.1. The third-order valence-corrected chi connectivity index (χ3v) is 5.97. The summed E-state index contributed by atoms with van der Waals surface area (Å²) in [6.07, 6.45) is 1.69. The van der Waals surface area contributed by atoms with Gasteiger partial charge in [-0.25, -0.2) is 4.98 Å². The molecule has 2 N–H and O–H groups in total. The Hall–Kier alpha value is -3.16. The predicted molar refractivity (Wildman–Crippen MR) is 117 cm³/mol. The number of fused-ring (bicyclic) bond motifs is 2. The topological polar surface area (TPSA) is 76.2 Å². The van der Waals surface area contributed by atoms with Crippen LogP contribution < -0.4 is 14.8 Å². The van der Waals surface area contributed by atoms with Gasteiger partial charge < -0.3 is 19.8 Å². The molecule has 3 heterocycles. The van der Waals surface area contributed by atoms with Gasteiger partial charge in [-0.1, -0.05) is 23.4 Å². The molecular weight excluding hydrogens is 422 g/mol. The largest absolute Gasteiger partial charge is 0.486 e. The number of hydrogen-bond acceptors (Lipinski definition) is 5. The number of benzene rings is 2. The van der Waals surface area contributed by atoms with E-state index in [0.717, 1.165) is 15.2 Å². The van der Waals surface area contributed by atoms with E-state index in [9.17, 15) is 4.79 Å². The molecule has 1 amide bonds. The number of anilines is 1. The number of carbonyl (C=O) groups is 1. The summed E-state index contributed by atoms with van der Waals surface area (Å²) in [6, 6.07) is 16.6. The molecule has 6 nitrogen and oxygen atoms in total. The summed E-state index contributed by atoms with van der Waals surface area (Å²) in [5.41, 5.74) is 1.72. The third-order valence-electron chi connectivity index (χ3n) is 4.58. The number of rotatable bonds is 4. The number of H-pyrrole nitrogens is 1. The van der Waals surface area contributed by atoms with E-state index in [2.05, 4.69) is 15.3 Å². The van der Waals surface area contributed by atoms with Gasteiger partial charge in [-0.05, 0) is 48.5 Å². The first-order valence-electron chi connectivity index (χ1n) is 9.28. The molecule has 0 spiro atoms. The summed E-state index contributed by atoms with van der Waals surface area (Å²) in [7, 11) is 0. The number of aromatic nitrogens is 2. The number of halogens is 1. The van der Waals surface area contributed by atoms with E-state index in [1.165, 1.54) is 11.8 Å². The van der Waals surface area contributed by atoms with E-state index in [1.807, 2.05) is 36.4 Å². The molecule has 8 heteroatoms. The van der Waals surface area contributed by atoms with Crippen LogP contribution in [0.1, 0.15) is 10.5 Å². The van der Waals surface area contributed by atoms with Crippen molar-refractivity contribution in [2.24, 2.45) is 0 Å². The van der Waals surface area contributed by atoms with Gasteiger partial charge in [0, 0.05) is 33.3 Å². The SMILES string of the molecule is O=C(Nc1ccc2c(c1)OCCO2)c1[nH]c2ncccc2c1Sc1ccc(Cl)cc1. The number of ether oxygens (including phenoxy) is 2. The Morgan fingerprint density at radius 1 is 1.07 bits per heavy atom. The molecule has 1 aliphatic heterocycles. The van der Waals surface area contributed by atoms with E-state index in [1.54, 1.807) is 24.4 Å². The van der Waals surface area contributed by atoms with Gasteiger partial charge in [0.05, 0.1) is 4.90 Å². The number of amides is 1. The van der Waals surface area contributed by atoms with Gasteiger partial charge in [0.1, 0.15) is 24.6 Å². The minimum atomic E-state index is -0.263. The molecule has 30 heavy (non-hydrogen) atoms. The Labute approximate surface area is 181 Å². The molecule has 0 saturated heterocycles. The van der Waals surface area contributed by atoms with Crippen LogP contribution in [0.5, 0.6) is 11.5 Å². The van der Waals surface area contributed by atoms with E-state index in [0.29, 0.717) is 46.8 Å². The van der Waals surface area contributed by atoms with E-state index in [4.69, 9.17) is 21.1 Å². The highest BCUT2D eigenvalue weighted by Gasteiger charge is 2.20. The molecule has 0 saturated carbocycles. The molecule has 0 radical (unpaired) electrons. The molecule has 4 aromatic rings. The average Bonchev–Trinajstić information content (AvgIpc) is 3.14. The number of aromatic amines is 1. The van der Waals surface area contributed by atoms with Crippen molar-refractivity contribution < 1.29 is 14.3 Å². The standard InChI is InChI=1S/C22H16ClN3O3S/c23-13-3-6-15(7-4-13)30-20-16-2-1-9-24-21(16)26-19(20)22(27)25-14-5-8-17-18(12-14)29-11-10-28-17/h1-9,12H,10-11H2,(H,24,26)(H,25,27). The summed E-state index contributed by atoms with van der Waals surface area (Å²) in [5, 5.41) is 4.48. The zero-order valence-corrected chi connectivity index (χ0v) is 17.2. The summed E-state index contributed by atoms with van der Waals surface area (Å²) in [4.78, 5) is 22.4. The van der Waals surface area contributed by atoms with E-state index >= 15 is 0 Å². The second-order valence-corrected chi connectivity index (χ2v) is 8.12. The van der Waals surface area contributed by atoms with Gasteiger partial charge in [-0.3, -0.25) is 4.79 Å². The zero-order valence-electron chi connectivity index (χ0n) is 15.6. The van der Waals surface area contributed by atoms with Crippen molar-refractivity contribution in [3.8, 4) is 11.5 Å². The number of nitrogens with one attached hydrogen (secondary N) is 2. The Kier molecular flexibility index (Phi) is 4.98. The van der Waals surface area contributed by atoms with Crippen LogP contribution in [0.3, 0.4) is 0 Å². The Bertz CT molecular complexity index is 1240. The van der Waals surface area contributed by atoms with Crippen LogP contribution in [0.15, 0.2) is 70.6 Å². The quantitative estimate of drug-likeness (QED) is 0.447. The van der Waals surface area contributed by atoms with Crippen molar-refractivity contribution in [3.63, 3.8) is 0 Å². The summed E-state index contributed by atoms with van der Waals surface area (Å²) in [5.74, 6) is 1.03. The van der Waals surface area contributed by atoms with Crippen molar-refractivity contribution in [1.82, 2.24) is 9.97 Å². The molecule has 1 aliphatic rings. The van der Waals surface area contributed by atoms with Crippen molar-refractivity contribution in [2.75, 3.05) is 18.5 Å². The summed E-state index contributed by atoms with van der Waals surface area (Å²) < 4.78 is 11.1. The van der Waals surface area contributed by atoms with Crippen molar-refractivity contribution in [2.45, 2.75) is 9.79 Å². The molecule has 0 atom stereocenters. The van der Waals surface area contributed by atoms with Crippen molar-refractivity contribution >= 4 is 46.0 Å². The lowest BCUT2D eigenvalue weighted by atomic mass is 10.2. The van der Waals surface area contributed by atoms with Gasteiger partial charge in [0.2, 0.25) is 0 Å². The normalized spacial score (nSPS) is 12.7. The molecule has 2 aromatic carbocycles. The van der Waals surface area contributed by atoms with Crippen LogP contribution in [0.2, 0.25) is 5.02 Å². The molecule has 2 aromatic heterocycles. The molecule has 0 unspecified atom stereocenters. The van der Waals surface area contributed by atoms with Crippen LogP contribution in [-0.2, 0) is 0 Å². The molecular formula is C22H16ClN3O3S. The summed E-state index contributed by atoms with van der Waals surface area (Å²) >= 11 is 7.49. The van der Waals surface area contributed by atoms with Crippen LogP contribution in [-0.4, -0.2) is 29.1 Å². The Balaban J connectivity index is 1.48. The highest BCUT2D eigenvalue weighted by atomic mass is 35.5. The third kappa shape index (κ3) is 3.69. The Morgan fingerprint density at radius 3 is 2.70 bits per heavy atom. The first-order chi connectivity index (χ1) is 14.7. The second kappa shape index (κ2) is 7.93. The smallest absolute Gasteiger partial charge is 0.273 e. The van der Waals surface area contributed by atoms with Gasteiger partial charge in [0.15, 0.2) is 11.5 Å². The zero-order chi connectivity index (χ0) is 20.5. The monoisotopic (exact) mass is 437 g/mol. The van der Waals surface area contributed by atoms with E-state index < -0.39 is 0 Å². The van der Waals surface area contributed by atoms with Gasteiger partial charge in [-0.15, -0.1) is 0 Å². The van der Waals surface area contributed by atoms with Crippen LogP contribution in [0, 0.1) is 0 Å². The maximum Gasteiger partial charge on any atom is 0.273 e. The fourth-order valence-electron chi connectivity index (χ4n) is 3.20. The minimum absolute atomic E-state index is 0.263. The molecule has 0 fully saturated rings. The van der Waals surface area contributed by atoms with Crippen LogP contribution >= 0.6 is 23.4 Å². The lowest BCUT2D eigenvalue weighted by molar-refractivity contribution is 0.102. The molecule has 5 rings (SSSR count). The number of nitrogens with zero attached hydrogens (tertiary/aromatic N) is 1. The number of hydrogen-bond donors (Lipinski definition) is 2. The highest BCUT2D eigenvalue weighted by Crippen LogP contribution is 2.37. The maximum atomic E-state index is 13.1. The molecule has 0 aliphatic carbocycles. The number of pyridine rings is 1. The first kappa shape index (κ1) is 18.8. The molecule has 0 bridgehead atoms. The first-order valence-corrected chi connectivity index (χ1v) is 10.5. The average molecular weight is 438 g/mol. The lowest BCUT2D eigenvalue weighted by Gasteiger charge is -2.19. The minimum Gasteiger partial charge on any atom is -0.486 e. The number of carbonyl (C=O) groups excluding carboxylic acids is 1. The van der Waals surface area contributed by atoms with Gasteiger partial charge in [-0.2, -0.15) is 0 Å². The summed E-state index contributed by atoms with van der Waals surface area (Å²) in [6.45, 7) is 1.01. The predicted octanol–water partition coefficient (Wildman–Crippen LogP) is 5.39. The molecule has 150 valence electrons. The van der Waals surface area contributed by atoms with E-state index in [-0.39, 0.29) is 5.91 Å². The fraction of sp³-hybridized carbons (Fsp3) is 0.0909. The van der Waals surface area contributed by atoms with Gasteiger partial charge in [0.25, 0.3) is 5.91 Å². The Morgan fingerprint density at radius 2 is 1.87 bits per heavy atom. The fourth-order valence-corrected chi connectivity index (χ4v) is 4.35. The van der Waals surface area contributed by atoms with Crippen molar-refractivity contribution in [1.29, 1.82) is 0 Å².